The highest BCUT2D eigenvalue weighted by molar-refractivity contribution is 6.30. The van der Waals surface area contributed by atoms with Crippen LogP contribution in [0.5, 0.6) is 0 Å². The maximum Gasteiger partial charge on any atom is 0.208 e. The van der Waals surface area contributed by atoms with Crippen LogP contribution in [-0.2, 0) is 6.54 Å². The number of oxazole rings is 1. The van der Waals surface area contributed by atoms with Crippen LogP contribution in [0, 0.1) is 5.92 Å². The Morgan fingerprint density at radius 3 is 2.94 bits per heavy atom. The molecule has 1 N–H and O–H groups in total. The molecule has 0 fully saturated rings. The summed E-state index contributed by atoms with van der Waals surface area (Å²) in [7, 11) is 0. The van der Waals surface area contributed by atoms with Gasteiger partial charge < -0.3 is 9.73 Å². The molecule has 18 heavy (non-hydrogen) atoms. The van der Waals surface area contributed by atoms with Crippen LogP contribution >= 0.6 is 11.6 Å². The number of halogens is 1. The molecule has 2 aromatic rings. The van der Waals surface area contributed by atoms with E-state index in [1.54, 1.807) is 6.20 Å². The summed E-state index contributed by atoms with van der Waals surface area (Å²) in [4.78, 5) is 4.25. The van der Waals surface area contributed by atoms with Crippen LogP contribution in [0.1, 0.15) is 19.7 Å². The number of nitrogens with one attached hydrogen (secondary N) is 1. The van der Waals surface area contributed by atoms with Gasteiger partial charge in [0.1, 0.15) is 0 Å². The summed E-state index contributed by atoms with van der Waals surface area (Å²) in [6, 6.07) is 7.56. The summed E-state index contributed by atoms with van der Waals surface area (Å²) in [5.74, 6) is 2.07. The predicted molar refractivity (Wildman–Crippen MR) is 73.5 cm³/mol. The van der Waals surface area contributed by atoms with Gasteiger partial charge in [0, 0.05) is 10.6 Å². The smallest absolute Gasteiger partial charge is 0.208 e. The molecule has 1 aromatic heterocycles. The van der Waals surface area contributed by atoms with Gasteiger partial charge in [-0.15, -0.1) is 0 Å². The minimum atomic E-state index is 0.618. The first-order chi connectivity index (χ1) is 8.65. The van der Waals surface area contributed by atoms with E-state index in [2.05, 4.69) is 24.1 Å². The Kier molecular flexibility index (Phi) is 4.39. The fourth-order valence-corrected chi connectivity index (χ4v) is 1.83. The Labute approximate surface area is 112 Å². The zero-order valence-electron chi connectivity index (χ0n) is 10.6. The lowest BCUT2D eigenvalue weighted by atomic mass is 10.2. The van der Waals surface area contributed by atoms with Crippen molar-refractivity contribution in [3.63, 3.8) is 0 Å². The van der Waals surface area contributed by atoms with Crippen molar-refractivity contribution >= 4 is 11.6 Å². The molecule has 96 valence electrons. The third-order valence-electron chi connectivity index (χ3n) is 2.49. The Morgan fingerprint density at radius 1 is 1.39 bits per heavy atom. The van der Waals surface area contributed by atoms with Gasteiger partial charge >= 0.3 is 0 Å². The van der Waals surface area contributed by atoms with Crippen molar-refractivity contribution in [1.29, 1.82) is 0 Å². The summed E-state index contributed by atoms with van der Waals surface area (Å²) in [5, 5.41) is 3.99. The van der Waals surface area contributed by atoms with E-state index in [-0.39, 0.29) is 0 Å². The summed E-state index contributed by atoms with van der Waals surface area (Å²) in [5.41, 5.74) is 0.949. The molecule has 1 heterocycles. The van der Waals surface area contributed by atoms with Crippen LogP contribution in [0.2, 0.25) is 5.02 Å². The molecule has 0 aliphatic carbocycles. The average molecular weight is 265 g/mol. The topological polar surface area (TPSA) is 38.1 Å². The average Bonchev–Trinajstić information content (AvgIpc) is 2.77. The van der Waals surface area contributed by atoms with Gasteiger partial charge in [-0.2, -0.15) is 0 Å². The lowest BCUT2D eigenvalue weighted by molar-refractivity contribution is 0.459. The molecule has 0 saturated heterocycles. The van der Waals surface area contributed by atoms with Crippen molar-refractivity contribution in [2.75, 3.05) is 6.54 Å². The second-order valence-electron chi connectivity index (χ2n) is 4.65. The van der Waals surface area contributed by atoms with Crippen molar-refractivity contribution in [3.05, 3.63) is 41.4 Å². The largest absolute Gasteiger partial charge is 0.439 e. The van der Waals surface area contributed by atoms with Gasteiger partial charge in [0.2, 0.25) is 5.89 Å². The van der Waals surface area contributed by atoms with E-state index < -0.39 is 0 Å². The van der Waals surface area contributed by atoms with Gasteiger partial charge in [0.15, 0.2) is 5.76 Å². The van der Waals surface area contributed by atoms with E-state index >= 15 is 0 Å². The molecule has 0 spiro atoms. The lowest BCUT2D eigenvalue weighted by Crippen LogP contribution is -2.18. The Hall–Kier alpha value is -1.32. The zero-order chi connectivity index (χ0) is 13.0. The fraction of sp³-hybridized carbons (Fsp3) is 0.357. The quantitative estimate of drug-likeness (QED) is 0.894. The molecular weight excluding hydrogens is 248 g/mol. The Balaban J connectivity index is 2.02. The van der Waals surface area contributed by atoms with Crippen molar-refractivity contribution in [2.45, 2.75) is 20.4 Å². The van der Waals surface area contributed by atoms with Crippen molar-refractivity contribution < 1.29 is 4.42 Å². The van der Waals surface area contributed by atoms with E-state index in [0.717, 1.165) is 17.9 Å². The molecule has 4 heteroatoms. The lowest BCUT2D eigenvalue weighted by Gasteiger charge is -2.04. The monoisotopic (exact) mass is 264 g/mol. The first-order valence-corrected chi connectivity index (χ1v) is 6.44. The van der Waals surface area contributed by atoms with Gasteiger partial charge in [0.05, 0.1) is 12.7 Å². The van der Waals surface area contributed by atoms with Crippen molar-refractivity contribution in [2.24, 2.45) is 5.92 Å². The van der Waals surface area contributed by atoms with Crippen LogP contribution in [0.4, 0.5) is 0 Å². The van der Waals surface area contributed by atoms with Crippen molar-refractivity contribution in [1.82, 2.24) is 10.3 Å². The first kappa shape index (κ1) is 13.1. The summed E-state index contributed by atoms with van der Waals surface area (Å²) < 4.78 is 5.67. The molecule has 0 aliphatic rings. The second kappa shape index (κ2) is 6.03. The zero-order valence-corrected chi connectivity index (χ0v) is 11.4. The Bertz CT molecular complexity index is 508. The molecule has 0 amide bonds. The summed E-state index contributed by atoms with van der Waals surface area (Å²) >= 11 is 5.95. The van der Waals surface area contributed by atoms with E-state index in [9.17, 15) is 0 Å². The van der Waals surface area contributed by atoms with Gasteiger partial charge in [-0.3, -0.25) is 0 Å². The highest BCUT2D eigenvalue weighted by atomic mass is 35.5. The van der Waals surface area contributed by atoms with E-state index in [1.807, 2.05) is 24.3 Å². The van der Waals surface area contributed by atoms with E-state index in [1.165, 1.54) is 0 Å². The third-order valence-corrected chi connectivity index (χ3v) is 2.73. The minimum Gasteiger partial charge on any atom is -0.439 e. The molecule has 0 aliphatic heterocycles. The van der Waals surface area contributed by atoms with Crippen LogP contribution < -0.4 is 5.32 Å². The SMILES string of the molecule is CC(C)CNCc1ncc(-c2cccc(Cl)c2)o1. The fourth-order valence-electron chi connectivity index (χ4n) is 1.63. The highest BCUT2D eigenvalue weighted by Crippen LogP contribution is 2.23. The first-order valence-electron chi connectivity index (χ1n) is 6.06. The van der Waals surface area contributed by atoms with Crippen LogP contribution in [0.25, 0.3) is 11.3 Å². The predicted octanol–water partition coefficient (Wildman–Crippen LogP) is 3.74. The third kappa shape index (κ3) is 3.59. The molecule has 3 nitrogen and oxygen atoms in total. The second-order valence-corrected chi connectivity index (χ2v) is 5.09. The van der Waals surface area contributed by atoms with Gasteiger partial charge in [0.25, 0.3) is 0 Å². The number of rotatable bonds is 5. The number of benzene rings is 1. The molecule has 1 aromatic carbocycles. The van der Waals surface area contributed by atoms with Gasteiger partial charge in [-0.1, -0.05) is 37.6 Å². The van der Waals surface area contributed by atoms with Crippen LogP contribution in [0.15, 0.2) is 34.9 Å². The van der Waals surface area contributed by atoms with Crippen LogP contribution in [0.3, 0.4) is 0 Å². The van der Waals surface area contributed by atoms with Gasteiger partial charge in [-0.25, -0.2) is 4.98 Å². The summed E-state index contributed by atoms with van der Waals surface area (Å²) in [6.45, 7) is 5.94. The van der Waals surface area contributed by atoms with E-state index in [0.29, 0.717) is 23.4 Å². The van der Waals surface area contributed by atoms with Crippen LogP contribution in [-0.4, -0.2) is 11.5 Å². The van der Waals surface area contributed by atoms with Crippen molar-refractivity contribution in [3.8, 4) is 11.3 Å². The molecular formula is C14H17ClN2O. The number of nitrogens with zero attached hydrogens (tertiary/aromatic N) is 1. The van der Waals surface area contributed by atoms with Gasteiger partial charge in [-0.05, 0) is 24.6 Å². The standard InChI is InChI=1S/C14H17ClN2O/c1-10(2)7-16-9-14-17-8-13(18-14)11-4-3-5-12(15)6-11/h3-6,8,10,16H,7,9H2,1-2H3. The molecule has 2 rings (SSSR count). The molecule has 0 unspecified atom stereocenters. The maximum absolute atomic E-state index is 5.95. The number of hydrogen-bond donors (Lipinski definition) is 1. The number of aromatic nitrogens is 1. The summed E-state index contributed by atoms with van der Waals surface area (Å²) in [6.07, 6.45) is 1.73. The molecule has 0 radical (unpaired) electrons. The maximum atomic E-state index is 5.95. The molecule has 0 saturated carbocycles. The molecule has 0 atom stereocenters. The highest BCUT2D eigenvalue weighted by Gasteiger charge is 2.06. The Morgan fingerprint density at radius 2 is 2.22 bits per heavy atom. The number of hydrogen-bond acceptors (Lipinski definition) is 3. The van der Waals surface area contributed by atoms with E-state index in [4.69, 9.17) is 16.0 Å². The molecule has 0 bridgehead atoms. The normalized spacial score (nSPS) is 11.1. The minimum absolute atomic E-state index is 0.618.